The molecule has 1 N–H and O–H groups in total. The van der Waals surface area contributed by atoms with Crippen LogP contribution >= 0.6 is 11.6 Å². The summed E-state index contributed by atoms with van der Waals surface area (Å²) in [5, 5.41) is 4.39. The van der Waals surface area contributed by atoms with Crippen molar-refractivity contribution in [3.05, 3.63) is 58.4 Å². The zero-order valence-electron chi connectivity index (χ0n) is 9.78. The standard InChI is InChI=1S/C14H15ClN2/c1-10-9-11(4-5-12(10)15)14-13-3-2-7-17(13)8-6-16-14/h2-5,7,9,14,16H,6,8H2,1H3. The molecule has 1 atom stereocenters. The van der Waals surface area contributed by atoms with Gasteiger partial charge in [0.25, 0.3) is 0 Å². The van der Waals surface area contributed by atoms with Crippen LogP contribution in [-0.2, 0) is 6.54 Å². The highest BCUT2D eigenvalue weighted by Crippen LogP contribution is 2.27. The van der Waals surface area contributed by atoms with Crippen LogP contribution in [0.2, 0.25) is 5.02 Å². The number of halogens is 1. The molecule has 0 radical (unpaired) electrons. The van der Waals surface area contributed by atoms with Crippen LogP contribution in [0.5, 0.6) is 0 Å². The Kier molecular flexibility index (Phi) is 2.69. The van der Waals surface area contributed by atoms with Gasteiger partial charge in [0, 0.05) is 30.0 Å². The topological polar surface area (TPSA) is 17.0 Å². The predicted molar refractivity (Wildman–Crippen MR) is 70.5 cm³/mol. The van der Waals surface area contributed by atoms with Crippen molar-refractivity contribution < 1.29 is 0 Å². The Balaban J connectivity index is 2.03. The van der Waals surface area contributed by atoms with Crippen molar-refractivity contribution in [2.75, 3.05) is 6.54 Å². The molecule has 2 heterocycles. The van der Waals surface area contributed by atoms with Crippen LogP contribution in [0.15, 0.2) is 36.5 Å². The first-order valence-electron chi connectivity index (χ1n) is 5.90. The molecule has 0 fully saturated rings. The minimum absolute atomic E-state index is 0.287. The molecule has 1 aliphatic rings. The van der Waals surface area contributed by atoms with Crippen molar-refractivity contribution in [3.63, 3.8) is 0 Å². The maximum atomic E-state index is 6.07. The molecule has 1 aliphatic heterocycles. The minimum Gasteiger partial charge on any atom is -0.348 e. The molecule has 2 nitrogen and oxygen atoms in total. The molecule has 3 rings (SSSR count). The number of fused-ring (bicyclic) bond motifs is 1. The minimum atomic E-state index is 0.287. The average molecular weight is 247 g/mol. The smallest absolute Gasteiger partial charge is 0.0731 e. The summed E-state index contributed by atoms with van der Waals surface area (Å²) in [6.45, 7) is 4.10. The maximum Gasteiger partial charge on any atom is 0.0731 e. The molecule has 1 aromatic heterocycles. The lowest BCUT2D eigenvalue weighted by atomic mass is 10.0. The van der Waals surface area contributed by atoms with Crippen LogP contribution < -0.4 is 5.32 Å². The van der Waals surface area contributed by atoms with Crippen LogP contribution in [0, 0.1) is 6.92 Å². The first kappa shape index (κ1) is 10.9. The molecule has 1 aromatic carbocycles. The maximum absolute atomic E-state index is 6.07. The van der Waals surface area contributed by atoms with E-state index in [1.807, 2.05) is 13.0 Å². The van der Waals surface area contributed by atoms with E-state index in [1.54, 1.807) is 0 Å². The molecule has 0 saturated carbocycles. The predicted octanol–water partition coefficient (Wildman–Crippen LogP) is 3.14. The molecule has 0 spiro atoms. The van der Waals surface area contributed by atoms with Gasteiger partial charge in [-0.25, -0.2) is 0 Å². The fourth-order valence-electron chi connectivity index (χ4n) is 2.46. The number of rotatable bonds is 1. The van der Waals surface area contributed by atoms with Gasteiger partial charge in [-0.3, -0.25) is 0 Å². The molecule has 17 heavy (non-hydrogen) atoms. The molecule has 3 heteroatoms. The number of nitrogens with one attached hydrogen (secondary N) is 1. The van der Waals surface area contributed by atoms with Crippen LogP contribution in [0.4, 0.5) is 0 Å². The third-order valence-electron chi connectivity index (χ3n) is 3.38. The monoisotopic (exact) mass is 246 g/mol. The van der Waals surface area contributed by atoms with E-state index >= 15 is 0 Å². The largest absolute Gasteiger partial charge is 0.348 e. The van der Waals surface area contributed by atoms with Gasteiger partial charge in [-0.2, -0.15) is 0 Å². The summed E-state index contributed by atoms with van der Waals surface area (Å²) in [6, 6.07) is 10.8. The van der Waals surface area contributed by atoms with Crippen molar-refractivity contribution >= 4 is 11.6 Å². The molecule has 0 aliphatic carbocycles. The van der Waals surface area contributed by atoms with Gasteiger partial charge in [0.15, 0.2) is 0 Å². The Morgan fingerprint density at radius 3 is 3.06 bits per heavy atom. The number of nitrogens with zero attached hydrogens (tertiary/aromatic N) is 1. The molecule has 0 saturated heterocycles. The second kappa shape index (κ2) is 4.21. The van der Waals surface area contributed by atoms with Crippen molar-refractivity contribution in [2.45, 2.75) is 19.5 Å². The summed E-state index contributed by atoms with van der Waals surface area (Å²) in [4.78, 5) is 0. The summed E-state index contributed by atoms with van der Waals surface area (Å²) in [6.07, 6.45) is 2.14. The molecule has 2 aromatic rings. The van der Waals surface area contributed by atoms with E-state index in [-0.39, 0.29) is 6.04 Å². The van der Waals surface area contributed by atoms with E-state index in [0.29, 0.717) is 0 Å². The SMILES string of the molecule is Cc1cc(C2NCCn3cccc32)ccc1Cl. The van der Waals surface area contributed by atoms with Crippen molar-refractivity contribution in [3.8, 4) is 0 Å². The van der Waals surface area contributed by atoms with E-state index in [4.69, 9.17) is 11.6 Å². The fraction of sp³-hybridized carbons (Fsp3) is 0.286. The van der Waals surface area contributed by atoms with Crippen molar-refractivity contribution in [1.82, 2.24) is 9.88 Å². The lowest BCUT2D eigenvalue weighted by Crippen LogP contribution is -2.33. The molecule has 0 bridgehead atoms. The van der Waals surface area contributed by atoms with Crippen LogP contribution in [-0.4, -0.2) is 11.1 Å². The summed E-state index contributed by atoms with van der Waals surface area (Å²) in [5.41, 5.74) is 3.75. The first-order chi connectivity index (χ1) is 8.25. The fourth-order valence-corrected chi connectivity index (χ4v) is 2.58. The summed E-state index contributed by atoms with van der Waals surface area (Å²) in [5.74, 6) is 0. The number of hydrogen-bond donors (Lipinski definition) is 1. The highest BCUT2D eigenvalue weighted by Gasteiger charge is 2.20. The molecular weight excluding hydrogens is 232 g/mol. The van der Waals surface area contributed by atoms with Crippen molar-refractivity contribution in [2.24, 2.45) is 0 Å². The molecule has 88 valence electrons. The van der Waals surface area contributed by atoms with Gasteiger partial charge in [-0.15, -0.1) is 0 Å². The van der Waals surface area contributed by atoms with Gasteiger partial charge in [0.2, 0.25) is 0 Å². The Hall–Kier alpha value is -1.25. The van der Waals surface area contributed by atoms with Crippen LogP contribution in [0.1, 0.15) is 22.9 Å². The van der Waals surface area contributed by atoms with Crippen LogP contribution in [0.25, 0.3) is 0 Å². The molecule has 1 unspecified atom stereocenters. The summed E-state index contributed by atoms with van der Waals surface area (Å²) >= 11 is 6.07. The Morgan fingerprint density at radius 2 is 2.24 bits per heavy atom. The molecule has 0 amide bonds. The first-order valence-corrected chi connectivity index (χ1v) is 6.28. The third-order valence-corrected chi connectivity index (χ3v) is 3.80. The van der Waals surface area contributed by atoms with Gasteiger partial charge >= 0.3 is 0 Å². The lowest BCUT2D eigenvalue weighted by molar-refractivity contribution is 0.467. The lowest BCUT2D eigenvalue weighted by Gasteiger charge is -2.27. The second-order valence-corrected chi connectivity index (χ2v) is 4.93. The van der Waals surface area contributed by atoms with Gasteiger partial charge in [0.1, 0.15) is 0 Å². The Labute approximate surface area is 106 Å². The van der Waals surface area contributed by atoms with E-state index < -0.39 is 0 Å². The summed E-state index contributed by atoms with van der Waals surface area (Å²) in [7, 11) is 0. The van der Waals surface area contributed by atoms with E-state index in [9.17, 15) is 0 Å². The zero-order valence-corrected chi connectivity index (χ0v) is 10.5. The third kappa shape index (κ3) is 1.88. The molecular formula is C14H15ClN2. The highest BCUT2D eigenvalue weighted by atomic mass is 35.5. The zero-order chi connectivity index (χ0) is 11.8. The van der Waals surface area contributed by atoms with Gasteiger partial charge < -0.3 is 9.88 Å². The second-order valence-electron chi connectivity index (χ2n) is 4.52. The number of aryl methyl sites for hydroxylation is 1. The number of hydrogen-bond acceptors (Lipinski definition) is 1. The average Bonchev–Trinajstić information content (AvgIpc) is 2.80. The summed E-state index contributed by atoms with van der Waals surface area (Å²) < 4.78 is 2.31. The normalized spacial score (nSPS) is 19.1. The number of benzene rings is 1. The van der Waals surface area contributed by atoms with Crippen LogP contribution in [0.3, 0.4) is 0 Å². The van der Waals surface area contributed by atoms with E-state index in [0.717, 1.165) is 23.7 Å². The van der Waals surface area contributed by atoms with E-state index in [1.165, 1.54) is 11.3 Å². The number of aromatic nitrogens is 1. The highest BCUT2D eigenvalue weighted by molar-refractivity contribution is 6.31. The Bertz CT molecular complexity index is 545. The van der Waals surface area contributed by atoms with Gasteiger partial charge in [0.05, 0.1) is 6.04 Å². The van der Waals surface area contributed by atoms with Crippen molar-refractivity contribution in [1.29, 1.82) is 0 Å². The van der Waals surface area contributed by atoms with Gasteiger partial charge in [-0.1, -0.05) is 23.7 Å². The van der Waals surface area contributed by atoms with Gasteiger partial charge in [-0.05, 0) is 36.2 Å². The Morgan fingerprint density at radius 1 is 1.35 bits per heavy atom. The quantitative estimate of drug-likeness (QED) is 0.818. The van der Waals surface area contributed by atoms with E-state index in [2.05, 4.69) is 40.3 Å².